The van der Waals surface area contributed by atoms with Crippen molar-refractivity contribution in [3.05, 3.63) is 41.7 Å². The topological polar surface area (TPSA) is 110 Å². The van der Waals surface area contributed by atoms with Crippen molar-refractivity contribution >= 4 is 11.9 Å². The van der Waals surface area contributed by atoms with Crippen molar-refractivity contribution in [1.29, 1.82) is 0 Å². The lowest BCUT2D eigenvalue weighted by molar-refractivity contribution is -0.137. The van der Waals surface area contributed by atoms with Gasteiger partial charge in [-0.15, -0.1) is 0 Å². The van der Waals surface area contributed by atoms with Crippen LogP contribution in [0.1, 0.15) is 15.9 Å². The Morgan fingerprint density at radius 2 is 2.00 bits per heavy atom. The number of carbonyl (C=O) groups is 1. The number of hydrogen-bond acceptors (Lipinski definition) is 2. The highest BCUT2D eigenvalue weighted by Gasteiger charge is 2.35. The van der Waals surface area contributed by atoms with Crippen LogP contribution >= 0.6 is 0 Å². The first-order valence-electron chi connectivity index (χ1n) is 5.64. The van der Waals surface area contributed by atoms with Crippen LogP contribution in [0.5, 0.6) is 0 Å². The number of rotatable bonds is 2. The molecule has 0 unspecified atom stereocenters. The highest BCUT2D eigenvalue weighted by atomic mass is 19.4. The molecule has 0 spiro atoms. The second-order valence-corrected chi connectivity index (χ2v) is 4.04. The normalized spacial score (nSPS) is 11.2. The molecule has 0 saturated heterocycles. The molecule has 2 rings (SSSR count). The molecular formula is C12H10F3N5O. The molecule has 0 radical (unpaired) electrons. The molecule has 5 N–H and O–H groups in total. The lowest BCUT2D eigenvalue weighted by atomic mass is 10.0. The van der Waals surface area contributed by atoms with Crippen molar-refractivity contribution < 1.29 is 18.0 Å². The van der Waals surface area contributed by atoms with Crippen LogP contribution in [-0.2, 0) is 6.18 Å². The number of H-pyrrole nitrogens is 1. The fraction of sp³-hybridized carbons (Fsp3) is 0.0833. The third-order valence-electron chi connectivity index (χ3n) is 2.56. The molecule has 1 heterocycles. The number of carbonyl (C=O) groups excluding carboxylic acids is 1. The average Bonchev–Trinajstić information content (AvgIpc) is 2.90. The van der Waals surface area contributed by atoms with Crippen LogP contribution in [0.3, 0.4) is 0 Å². The zero-order chi connectivity index (χ0) is 15.6. The molecule has 110 valence electrons. The molecule has 2 aromatic rings. The van der Waals surface area contributed by atoms with E-state index >= 15 is 0 Å². The van der Waals surface area contributed by atoms with Gasteiger partial charge in [-0.3, -0.25) is 4.79 Å². The first kappa shape index (κ1) is 14.6. The van der Waals surface area contributed by atoms with E-state index in [0.29, 0.717) is 0 Å². The predicted molar refractivity (Wildman–Crippen MR) is 69.2 cm³/mol. The minimum Gasteiger partial charge on any atom is -0.370 e. The maximum Gasteiger partial charge on any atom is 0.417 e. The zero-order valence-corrected chi connectivity index (χ0v) is 10.5. The van der Waals surface area contributed by atoms with Gasteiger partial charge in [-0.25, -0.2) is 4.98 Å². The van der Waals surface area contributed by atoms with Crippen LogP contribution in [0.15, 0.2) is 35.6 Å². The number of nitrogens with two attached hydrogens (primary N) is 2. The number of halogens is 3. The largest absolute Gasteiger partial charge is 0.417 e. The van der Waals surface area contributed by atoms with Crippen LogP contribution in [-0.4, -0.2) is 21.8 Å². The molecular weight excluding hydrogens is 287 g/mol. The summed E-state index contributed by atoms with van der Waals surface area (Å²) in [5, 5.41) is 0. The van der Waals surface area contributed by atoms with Gasteiger partial charge in [0.25, 0.3) is 5.91 Å². The molecule has 0 aliphatic heterocycles. The van der Waals surface area contributed by atoms with Gasteiger partial charge in [0.15, 0.2) is 5.96 Å². The molecule has 0 fully saturated rings. The summed E-state index contributed by atoms with van der Waals surface area (Å²) < 4.78 is 39.2. The standard InChI is InChI=1S/C12H10F3N5O/c13-12(14,15)8-5-6(9-18-3-4-19-9)1-2-7(8)10(21)20-11(16)17/h1-5H,(H,18,19)(H4,16,17,20,21). The quantitative estimate of drug-likeness (QED) is 0.576. The molecule has 1 amide bonds. The van der Waals surface area contributed by atoms with Gasteiger partial charge in [-0.2, -0.15) is 18.2 Å². The lowest BCUT2D eigenvalue weighted by Gasteiger charge is -2.12. The van der Waals surface area contributed by atoms with E-state index in [4.69, 9.17) is 11.5 Å². The van der Waals surface area contributed by atoms with E-state index in [1.807, 2.05) is 0 Å². The van der Waals surface area contributed by atoms with Gasteiger partial charge in [0.1, 0.15) is 5.82 Å². The Morgan fingerprint density at radius 3 is 2.52 bits per heavy atom. The minimum absolute atomic E-state index is 0.188. The van der Waals surface area contributed by atoms with Gasteiger partial charge in [0.2, 0.25) is 0 Å². The number of guanidine groups is 1. The Hall–Kier alpha value is -2.84. The summed E-state index contributed by atoms with van der Waals surface area (Å²) in [6, 6.07) is 3.15. The van der Waals surface area contributed by atoms with Crippen molar-refractivity contribution in [2.24, 2.45) is 16.5 Å². The number of aromatic nitrogens is 2. The summed E-state index contributed by atoms with van der Waals surface area (Å²) in [5.41, 5.74) is 8.44. The summed E-state index contributed by atoms with van der Waals surface area (Å²) in [6.07, 6.45) is -1.85. The Morgan fingerprint density at radius 1 is 1.29 bits per heavy atom. The SMILES string of the molecule is NC(N)=NC(=O)c1ccc(-c2ncc[nH]2)cc1C(F)(F)F. The Kier molecular flexibility index (Phi) is 3.66. The van der Waals surface area contributed by atoms with E-state index in [-0.39, 0.29) is 11.4 Å². The number of imidazole rings is 1. The molecule has 9 heteroatoms. The summed E-state index contributed by atoms with van der Waals surface area (Å²) in [7, 11) is 0. The van der Waals surface area contributed by atoms with Crippen molar-refractivity contribution in [1.82, 2.24) is 9.97 Å². The number of nitrogens with zero attached hydrogens (tertiary/aromatic N) is 2. The fourth-order valence-electron chi connectivity index (χ4n) is 1.71. The van der Waals surface area contributed by atoms with E-state index in [9.17, 15) is 18.0 Å². The lowest BCUT2D eigenvalue weighted by Crippen LogP contribution is -2.25. The zero-order valence-electron chi connectivity index (χ0n) is 10.5. The number of alkyl halides is 3. The monoisotopic (exact) mass is 297 g/mol. The van der Waals surface area contributed by atoms with E-state index in [2.05, 4.69) is 15.0 Å². The van der Waals surface area contributed by atoms with Crippen LogP contribution in [0.4, 0.5) is 13.2 Å². The Balaban J connectivity index is 2.57. The summed E-state index contributed by atoms with van der Waals surface area (Å²) in [4.78, 5) is 21.3. The predicted octanol–water partition coefficient (Wildman–Crippen LogP) is 1.51. The highest BCUT2D eigenvalue weighted by Crippen LogP contribution is 2.34. The van der Waals surface area contributed by atoms with Crippen molar-refractivity contribution in [2.75, 3.05) is 0 Å². The number of nitrogens with one attached hydrogen (secondary N) is 1. The van der Waals surface area contributed by atoms with Crippen LogP contribution < -0.4 is 11.5 Å². The second-order valence-electron chi connectivity index (χ2n) is 4.04. The van der Waals surface area contributed by atoms with Gasteiger partial charge in [0, 0.05) is 18.0 Å². The summed E-state index contributed by atoms with van der Waals surface area (Å²) in [6.45, 7) is 0. The molecule has 1 aromatic heterocycles. The maximum absolute atomic E-state index is 13.1. The smallest absolute Gasteiger partial charge is 0.370 e. The van der Waals surface area contributed by atoms with E-state index in [1.165, 1.54) is 18.5 Å². The van der Waals surface area contributed by atoms with Crippen molar-refractivity contribution in [3.63, 3.8) is 0 Å². The molecule has 21 heavy (non-hydrogen) atoms. The van der Waals surface area contributed by atoms with Gasteiger partial charge in [-0.1, -0.05) is 6.07 Å². The first-order valence-corrected chi connectivity index (χ1v) is 5.64. The van der Waals surface area contributed by atoms with Crippen LogP contribution in [0.2, 0.25) is 0 Å². The molecule has 0 bridgehead atoms. The average molecular weight is 297 g/mol. The van der Waals surface area contributed by atoms with Crippen molar-refractivity contribution in [2.45, 2.75) is 6.18 Å². The Bertz CT molecular complexity index is 687. The van der Waals surface area contributed by atoms with Crippen molar-refractivity contribution in [3.8, 4) is 11.4 Å². The highest BCUT2D eigenvalue weighted by molar-refractivity contribution is 6.03. The number of hydrogen-bond donors (Lipinski definition) is 3. The van der Waals surface area contributed by atoms with Gasteiger partial charge in [-0.05, 0) is 12.1 Å². The van der Waals surface area contributed by atoms with Gasteiger partial charge < -0.3 is 16.5 Å². The minimum atomic E-state index is -4.73. The number of aliphatic imine (C=N–C) groups is 1. The summed E-state index contributed by atoms with van der Waals surface area (Å²) >= 11 is 0. The van der Waals surface area contributed by atoms with E-state index < -0.39 is 29.2 Å². The van der Waals surface area contributed by atoms with Crippen LogP contribution in [0.25, 0.3) is 11.4 Å². The molecule has 1 aromatic carbocycles. The van der Waals surface area contributed by atoms with Crippen LogP contribution in [0, 0.1) is 0 Å². The molecule has 0 saturated carbocycles. The van der Waals surface area contributed by atoms with Gasteiger partial charge >= 0.3 is 6.18 Å². The van der Waals surface area contributed by atoms with E-state index in [0.717, 1.165) is 12.1 Å². The maximum atomic E-state index is 13.1. The summed E-state index contributed by atoms with van der Waals surface area (Å²) in [5.74, 6) is -1.52. The van der Waals surface area contributed by atoms with Gasteiger partial charge in [0.05, 0.1) is 11.1 Å². The number of aromatic amines is 1. The first-order chi connectivity index (χ1) is 9.79. The number of amides is 1. The third kappa shape index (κ3) is 3.19. The molecule has 0 aliphatic rings. The number of benzene rings is 1. The molecule has 6 nitrogen and oxygen atoms in total. The molecule has 0 aliphatic carbocycles. The fourth-order valence-corrected chi connectivity index (χ4v) is 1.71. The molecule has 0 atom stereocenters. The van der Waals surface area contributed by atoms with E-state index in [1.54, 1.807) is 0 Å². The Labute approximate surface area is 116 Å². The third-order valence-corrected chi connectivity index (χ3v) is 2.56. The second kappa shape index (κ2) is 5.27.